The lowest BCUT2D eigenvalue weighted by Gasteiger charge is -2.67. The Morgan fingerprint density at radius 2 is 1.81 bits per heavy atom. The molecule has 5 rings (SSSR count). The lowest BCUT2D eigenvalue weighted by Crippen LogP contribution is -2.62. The van der Waals surface area contributed by atoms with Gasteiger partial charge in [-0.15, -0.1) is 0 Å². The Labute approximate surface area is 192 Å². The monoisotopic (exact) mass is 444 g/mol. The lowest BCUT2D eigenvalue weighted by molar-refractivity contribution is -0.268. The fourth-order valence-corrected chi connectivity index (χ4v) is 9.25. The van der Waals surface area contributed by atoms with Gasteiger partial charge in [-0.25, -0.2) is 4.79 Å². The molecule has 0 N–H and O–H groups in total. The predicted octanol–water partition coefficient (Wildman–Crippen LogP) is 5.42. The zero-order chi connectivity index (χ0) is 22.9. The van der Waals surface area contributed by atoms with Crippen LogP contribution in [0.3, 0.4) is 0 Å². The average Bonchev–Trinajstić information content (AvgIpc) is 3.13. The second-order valence-electron chi connectivity index (χ2n) is 12.5. The molecular formula is C27H40O5. The maximum Gasteiger partial charge on any atom is 0.331 e. The number of carbonyl (C=O) groups is 2. The highest BCUT2D eigenvalue weighted by atomic mass is 16.7. The van der Waals surface area contributed by atoms with Gasteiger partial charge in [0.1, 0.15) is 6.61 Å². The van der Waals surface area contributed by atoms with Gasteiger partial charge in [0.05, 0.1) is 6.10 Å². The van der Waals surface area contributed by atoms with E-state index >= 15 is 0 Å². The number of cyclic esters (lactones) is 1. The Hall–Kier alpha value is -1.36. The van der Waals surface area contributed by atoms with Crippen LogP contribution < -0.4 is 0 Å². The molecule has 4 fully saturated rings. The Kier molecular flexibility index (Phi) is 5.31. The van der Waals surface area contributed by atoms with Crippen LogP contribution in [-0.4, -0.2) is 30.9 Å². The van der Waals surface area contributed by atoms with Gasteiger partial charge < -0.3 is 14.2 Å². The van der Waals surface area contributed by atoms with Crippen molar-refractivity contribution in [3.63, 3.8) is 0 Å². The molecule has 0 aromatic rings. The van der Waals surface area contributed by atoms with Gasteiger partial charge in [-0.3, -0.25) is 4.79 Å². The topological polar surface area (TPSA) is 61.8 Å². The van der Waals surface area contributed by atoms with Crippen LogP contribution in [-0.2, 0) is 23.8 Å². The molecule has 8 unspecified atom stereocenters. The first-order valence-corrected chi connectivity index (χ1v) is 12.7. The van der Waals surface area contributed by atoms with Gasteiger partial charge in [0.2, 0.25) is 6.29 Å². The summed E-state index contributed by atoms with van der Waals surface area (Å²) in [6, 6.07) is 0. The Morgan fingerprint density at radius 1 is 1.03 bits per heavy atom. The van der Waals surface area contributed by atoms with Gasteiger partial charge in [0, 0.05) is 24.5 Å². The van der Waals surface area contributed by atoms with Crippen molar-refractivity contribution in [3.8, 4) is 0 Å². The Balaban J connectivity index is 1.49. The van der Waals surface area contributed by atoms with Crippen molar-refractivity contribution >= 4 is 11.9 Å². The molecule has 2 aliphatic heterocycles. The van der Waals surface area contributed by atoms with Crippen molar-refractivity contribution < 1.29 is 23.8 Å². The van der Waals surface area contributed by atoms with E-state index in [4.69, 9.17) is 14.2 Å². The molecule has 1 saturated heterocycles. The van der Waals surface area contributed by atoms with Gasteiger partial charge in [0.15, 0.2) is 0 Å². The summed E-state index contributed by atoms with van der Waals surface area (Å²) in [6.45, 7) is 11.9. The van der Waals surface area contributed by atoms with E-state index in [1.165, 1.54) is 45.4 Å². The van der Waals surface area contributed by atoms with E-state index in [0.29, 0.717) is 29.3 Å². The van der Waals surface area contributed by atoms with Gasteiger partial charge in [-0.1, -0.05) is 34.1 Å². The van der Waals surface area contributed by atoms with Crippen molar-refractivity contribution in [1.82, 2.24) is 0 Å². The van der Waals surface area contributed by atoms with Crippen LogP contribution in [0.25, 0.3) is 0 Å². The minimum atomic E-state index is -0.529. The van der Waals surface area contributed by atoms with E-state index in [1.54, 1.807) is 6.08 Å². The van der Waals surface area contributed by atoms with Crippen LogP contribution in [0.5, 0.6) is 0 Å². The summed E-state index contributed by atoms with van der Waals surface area (Å²) in [5, 5.41) is 0. The van der Waals surface area contributed by atoms with E-state index < -0.39 is 6.29 Å². The van der Waals surface area contributed by atoms with Crippen molar-refractivity contribution in [2.75, 3.05) is 6.61 Å². The van der Waals surface area contributed by atoms with Gasteiger partial charge in [-0.2, -0.15) is 0 Å². The zero-order valence-corrected chi connectivity index (χ0v) is 20.4. The molecule has 3 saturated carbocycles. The number of carbonyl (C=O) groups excluding carboxylic acids is 2. The highest BCUT2D eigenvalue weighted by molar-refractivity contribution is 5.85. The zero-order valence-electron chi connectivity index (χ0n) is 20.4. The van der Waals surface area contributed by atoms with Crippen LogP contribution in [0.1, 0.15) is 86.0 Å². The minimum Gasteiger partial charge on any atom is -0.458 e. The first-order chi connectivity index (χ1) is 15.0. The van der Waals surface area contributed by atoms with E-state index in [1.807, 2.05) is 0 Å². The molecule has 0 aromatic heterocycles. The first kappa shape index (κ1) is 22.4. The normalized spacial score (nSPS) is 47.4. The molecule has 2 heterocycles. The van der Waals surface area contributed by atoms with E-state index in [0.717, 1.165) is 24.3 Å². The molecular weight excluding hydrogens is 404 g/mol. The first-order valence-electron chi connectivity index (χ1n) is 12.7. The third-order valence-corrected chi connectivity index (χ3v) is 10.5. The number of hydrogen-bond donors (Lipinski definition) is 0. The number of ether oxygens (including phenoxy) is 3. The molecule has 0 amide bonds. The highest BCUT2D eigenvalue weighted by Gasteiger charge is 2.64. The maximum atomic E-state index is 11.9. The predicted molar refractivity (Wildman–Crippen MR) is 120 cm³/mol. The summed E-state index contributed by atoms with van der Waals surface area (Å²) in [4.78, 5) is 23.7. The summed E-state index contributed by atoms with van der Waals surface area (Å²) >= 11 is 0. The van der Waals surface area contributed by atoms with Crippen LogP contribution in [0.2, 0.25) is 0 Å². The van der Waals surface area contributed by atoms with Crippen molar-refractivity contribution in [2.45, 2.75) is 98.4 Å². The number of rotatable bonds is 2. The number of esters is 2. The molecule has 32 heavy (non-hydrogen) atoms. The van der Waals surface area contributed by atoms with Crippen LogP contribution >= 0.6 is 0 Å². The number of hydrogen-bond acceptors (Lipinski definition) is 5. The van der Waals surface area contributed by atoms with E-state index in [2.05, 4.69) is 27.7 Å². The van der Waals surface area contributed by atoms with Crippen LogP contribution in [0.4, 0.5) is 0 Å². The Bertz CT molecular complexity index is 830. The van der Waals surface area contributed by atoms with Crippen molar-refractivity contribution in [3.05, 3.63) is 11.6 Å². The molecule has 5 nitrogen and oxygen atoms in total. The SMILES string of the molecule is CC(=O)OC1OC(C2=CC(=O)OC2)CC2C1CCC1C2(C)CCC2C(C)(C)CCCC21C. The van der Waals surface area contributed by atoms with Crippen LogP contribution in [0.15, 0.2) is 11.6 Å². The third kappa shape index (κ3) is 3.36. The quantitative estimate of drug-likeness (QED) is 0.532. The number of fused-ring (bicyclic) bond motifs is 5. The molecule has 0 spiro atoms. The summed E-state index contributed by atoms with van der Waals surface area (Å²) in [5.74, 6) is 1.53. The molecule has 3 aliphatic carbocycles. The highest BCUT2D eigenvalue weighted by Crippen LogP contribution is 2.70. The maximum absolute atomic E-state index is 11.9. The fourth-order valence-electron chi connectivity index (χ4n) is 9.25. The second-order valence-corrected chi connectivity index (χ2v) is 12.5. The third-order valence-electron chi connectivity index (χ3n) is 10.5. The molecule has 8 atom stereocenters. The van der Waals surface area contributed by atoms with Gasteiger partial charge in [0.25, 0.3) is 0 Å². The molecule has 0 radical (unpaired) electrons. The molecule has 0 bridgehead atoms. The van der Waals surface area contributed by atoms with Crippen LogP contribution in [0, 0.1) is 39.9 Å². The Morgan fingerprint density at radius 3 is 2.50 bits per heavy atom. The largest absolute Gasteiger partial charge is 0.458 e. The molecule has 178 valence electrons. The second kappa shape index (κ2) is 7.58. The summed E-state index contributed by atoms with van der Waals surface area (Å²) < 4.78 is 17.3. The lowest BCUT2D eigenvalue weighted by atomic mass is 9.38. The summed E-state index contributed by atoms with van der Waals surface area (Å²) in [5.41, 5.74) is 1.88. The van der Waals surface area contributed by atoms with Crippen molar-refractivity contribution in [2.24, 2.45) is 39.9 Å². The van der Waals surface area contributed by atoms with E-state index in [9.17, 15) is 9.59 Å². The van der Waals surface area contributed by atoms with Gasteiger partial charge >= 0.3 is 11.9 Å². The average molecular weight is 445 g/mol. The summed E-state index contributed by atoms with van der Waals surface area (Å²) in [7, 11) is 0. The molecule has 5 aliphatic rings. The van der Waals surface area contributed by atoms with Crippen molar-refractivity contribution in [1.29, 1.82) is 0 Å². The summed E-state index contributed by atoms with van der Waals surface area (Å²) in [6.07, 6.45) is 10.5. The fraction of sp³-hybridized carbons (Fsp3) is 0.852. The smallest absolute Gasteiger partial charge is 0.331 e. The standard InChI is InChI=1S/C27H40O5/c1-16(28)31-24-18-7-8-22-26(4,12-9-21-25(2,3)10-6-11-27(21,22)5)19(18)14-20(32-24)17-13-23(29)30-15-17/h13,18-22,24H,6-12,14-15H2,1-5H3. The van der Waals surface area contributed by atoms with E-state index in [-0.39, 0.29) is 29.4 Å². The minimum absolute atomic E-state index is 0.200. The molecule has 5 heteroatoms. The van der Waals surface area contributed by atoms with Gasteiger partial charge in [-0.05, 0) is 78.9 Å². The molecule has 0 aromatic carbocycles.